The first-order valence-corrected chi connectivity index (χ1v) is 9.21. The van der Waals surface area contributed by atoms with Gasteiger partial charge in [0, 0.05) is 19.0 Å². The number of fused-ring (bicyclic) bond motifs is 1. The molecule has 0 amide bonds. The van der Waals surface area contributed by atoms with Gasteiger partial charge >= 0.3 is 0 Å². The van der Waals surface area contributed by atoms with Crippen LogP contribution in [-0.2, 0) is 13.1 Å². The van der Waals surface area contributed by atoms with Crippen molar-refractivity contribution >= 4 is 11.3 Å². The van der Waals surface area contributed by atoms with Gasteiger partial charge in [-0.3, -0.25) is 4.90 Å². The van der Waals surface area contributed by atoms with Crippen LogP contribution in [0.5, 0.6) is 0 Å². The Bertz CT molecular complexity index is 850. The first-order valence-electron chi connectivity index (χ1n) is 8.33. The molecule has 1 fully saturated rings. The van der Waals surface area contributed by atoms with Crippen LogP contribution in [0.2, 0.25) is 0 Å². The summed E-state index contributed by atoms with van der Waals surface area (Å²) in [6.45, 7) is 4.77. The van der Waals surface area contributed by atoms with Crippen LogP contribution in [0.3, 0.4) is 0 Å². The fourth-order valence-corrected chi connectivity index (χ4v) is 3.88. The average molecular weight is 342 g/mol. The predicted octanol–water partition coefficient (Wildman–Crippen LogP) is 2.84. The summed E-state index contributed by atoms with van der Waals surface area (Å²) in [5.41, 5.74) is 0. The molecular formula is C16H18N6OS. The first-order chi connectivity index (χ1) is 11.8. The zero-order chi connectivity index (χ0) is 16.1. The summed E-state index contributed by atoms with van der Waals surface area (Å²) in [6.07, 6.45) is 2.51. The van der Waals surface area contributed by atoms with E-state index >= 15 is 0 Å². The Hall–Kier alpha value is -2.06. The molecule has 3 aromatic heterocycles. The third-order valence-electron chi connectivity index (χ3n) is 4.83. The maximum Gasteiger partial charge on any atom is 0.257 e. The molecule has 0 bridgehead atoms. The molecule has 3 aromatic rings. The van der Waals surface area contributed by atoms with Gasteiger partial charge in [0.1, 0.15) is 11.6 Å². The third kappa shape index (κ3) is 2.37. The lowest BCUT2D eigenvalue weighted by Crippen LogP contribution is -2.36. The van der Waals surface area contributed by atoms with E-state index in [4.69, 9.17) is 4.42 Å². The molecule has 0 N–H and O–H groups in total. The van der Waals surface area contributed by atoms with E-state index in [0.717, 1.165) is 30.3 Å². The molecule has 1 aliphatic heterocycles. The minimum absolute atomic E-state index is 0.0704. The molecule has 8 heteroatoms. The maximum atomic E-state index is 5.89. The van der Waals surface area contributed by atoms with Gasteiger partial charge in [0.2, 0.25) is 5.89 Å². The number of aromatic nitrogens is 5. The summed E-state index contributed by atoms with van der Waals surface area (Å²) in [7, 11) is 0. The zero-order valence-electron chi connectivity index (χ0n) is 13.4. The number of nitrogens with zero attached hydrogens (tertiary/aromatic N) is 6. The standard InChI is InChI=1S/C16H18N6OS/c1-10(15-19-20-16(23-15)12-3-2-8-24-12)21-6-7-22-13(9-21)17-18-14(22)11-4-5-11/h2-3,8,10-11H,4-7,9H2,1H3. The number of hydrogen-bond acceptors (Lipinski definition) is 7. The van der Waals surface area contributed by atoms with Crippen LogP contribution in [0, 0.1) is 0 Å². The van der Waals surface area contributed by atoms with Gasteiger partial charge < -0.3 is 8.98 Å². The lowest BCUT2D eigenvalue weighted by atomic mass is 10.2. The summed E-state index contributed by atoms with van der Waals surface area (Å²) < 4.78 is 8.19. The van der Waals surface area contributed by atoms with Gasteiger partial charge in [-0.1, -0.05) is 6.07 Å². The molecular weight excluding hydrogens is 324 g/mol. The highest BCUT2D eigenvalue weighted by Gasteiger charge is 2.33. The summed E-state index contributed by atoms with van der Waals surface area (Å²) >= 11 is 1.61. The Kier molecular flexibility index (Phi) is 3.27. The van der Waals surface area contributed by atoms with Crippen molar-refractivity contribution in [2.24, 2.45) is 0 Å². The van der Waals surface area contributed by atoms with Crippen molar-refractivity contribution < 1.29 is 4.42 Å². The third-order valence-corrected chi connectivity index (χ3v) is 5.69. The van der Waals surface area contributed by atoms with Crippen molar-refractivity contribution in [3.05, 3.63) is 35.1 Å². The average Bonchev–Trinajstić information content (AvgIpc) is 3.06. The molecule has 2 aliphatic rings. The Morgan fingerprint density at radius 1 is 1.21 bits per heavy atom. The monoisotopic (exact) mass is 342 g/mol. The first kappa shape index (κ1) is 14.3. The van der Waals surface area contributed by atoms with E-state index in [-0.39, 0.29) is 6.04 Å². The summed E-state index contributed by atoms with van der Waals surface area (Å²) in [5.74, 6) is 4.12. The Morgan fingerprint density at radius 3 is 2.92 bits per heavy atom. The summed E-state index contributed by atoms with van der Waals surface area (Å²) in [4.78, 5) is 3.33. The van der Waals surface area contributed by atoms with E-state index in [2.05, 4.69) is 36.8 Å². The molecule has 7 nitrogen and oxygen atoms in total. The van der Waals surface area contributed by atoms with Gasteiger partial charge in [0.25, 0.3) is 5.89 Å². The van der Waals surface area contributed by atoms with Gasteiger partial charge in [-0.2, -0.15) is 0 Å². The fourth-order valence-electron chi connectivity index (χ4n) is 3.23. The molecule has 0 aromatic carbocycles. The second-order valence-electron chi connectivity index (χ2n) is 6.47. The minimum Gasteiger partial charge on any atom is -0.418 e. The van der Waals surface area contributed by atoms with Crippen LogP contribution in [-0.4, -0.2) is 36.4 Å². The lowest BCUT2D eigenvalue weighted by molar-refractivity contribution is 0.142. The normalized spacial score (nSPS) is 19.4. The quantitative estimate of drug-likeness (QED) is 0.726. The molecule has 24 heavy (non-hydrogen) atoms. The Balaban J connectivity index is 1.35. The second kappa shape index (κ2) is 5.49. The highest BCUT2D eigenvalue weighted by Crippen LogP contribution is 2.40. The van der Waals surface area contributed by atoms with Gasteiger partial charge in [0.15, 0.2) is 0 Å². The molecule has 1 aliphatic carbocycles. The molecule has 0 radical (unpaired) electrons. The van der Waals surface area contributed by atoms with Crippen LogP contribution in [0.1, 0.15) is 49.3 Å². The second-order valence-corrected chi connectivity index (χ2v) is 7.42. The molecule has 1 unspecified atom stereocenters. The van der Waals surface area contributed by atoms with Crippen LogP contribution in [0.15, 0.2) is 21.9 Å². The fraction of sp³-hybridized carbons (Fsp3) is 0.500. The van der Waals surface area contributed by atoms with Crippen molar-refractivity contribution in [3.63, 3.8) is 0 Å². The van der Waals surface area contributed by atoms with E-state index in [0.29, 0.717) is 17.7 Å². The van der Waals surface area contributed by atoms with Crippen molar-refractivity contribution in [2.75, 3.05) is 6.54 Å². The molecule has 1 saturated carbocycles. The Morgan fingerprint density at radius 2 is 2.12 bits per heavy atom. The maximum absolute atomic E-state index is 5.89. The highest BCUT2D eigenvalue weighted by atomic mass is 32.1. The summed E-state index contributed by atoms with van der Waals surface area (Å²) in [5, 5.41) is 19.2. The van der Waals surface area contributed by atoms with E-state index in [9.17, 15) is 0 Å². The molecule has 5 rings (SSSR count). The molecule has 0 saturated heterocycles. The number of thiophene rings is 1. The number of rotatable bonds is 4. The largest absolute Gasteiger partial charge is 0.418 e. The molecule has 0 spiro atoms. The van der Waals surface area contributed by atoms with E-state index < -0.39 is 0 Å². The Labute approximate surface area is 143 Å². The van der Waals surface area contributed by atoms with Crippen molar-refractivity contribution in [3.8, 4) is 10.8 Å². The van der Waals surface area contributed by atoms with Crippen LogP contribution in [0.25, 0.3) is 10.8 Å². The van der Waals surface area contributed by atoms with Gasteiger partial charge in [-0.05, 0) is 31.2 Å². The van der Waals surface area contributed by atoms with Gasteiger partial charge in [-0.15, -0.1) is 31.7 Å². The topological polar surface area (TPSA) is 72.9 Å². The molecule has 4 heterocycles. The molecule has 1 atom stereocenters. The SMILES string of the molecule is CC(c1nnc(-c2cccs2)o1)N1CCn2c(nnc2C2CC2)C1. The lowest BCUT2D eigenvalue weighted by Gasteiger charge is -2.30. The smallest absolute Gasteiger partial charge is 0.257 e. The van der Waals surface area contributed by atoms with Gasteiger partial charge in [0.05, 0.1) is 17.5 Å². The summed E-state index contributed by atoms with van der Waals surface area (Å²) in [6, 6.07) is 4.05. The van der Waals surface area contributed by atoms with Crippen molar-refractivity contribution in [1.29, 1.82) is 0 Å². The van der Waals surface area contributed by atoms with E-state index in [1.807, 2.05) is 17.5 Å². The van der Waals surface area contributed by atoms with Gasteiger partial charge in [-0.25, -0.2) is 0 Å². The van der Waals surface area contributed by atoms with Crippen LogP contribution >= 0.6 is 11.3 Å². The van der Waals surface area contributed by atoms with Crippen LogP contribution in [0.4, 0.5) is 0 Å². The zero-order valence-corrected chi connectivity index (χ0v) is 14.2. The van der Waals surface area contributed by atoms with E-state index in [1.54, 1.807) is 11.3 Å². The van der Waals surface area contributed by atoms with E-state index in [1.165, 1.54) is 18.7 Å². The van der Waals surface area contributed by atoms with Crippen molar-refractivity contribution in [2.45, 2.75) is 44.8 Å². The highest BCUT2D eigenvalue weighted by molar-refractivity contribution is 7.13. The minimum atomic E-state index is 0.0704. The predicted molar refractivity (Wildman–Crippen MR) is 88.4 cm³/mol. The van der Waals surface area contributed by atoms with Crippen molar-refractivity contribution in [1.82, 2.24) is 29.9 Å². The number of hydrogen-bond donors (Lipinski definition) is 0. The molecule has 124 valence electrons. The van der Waals surface area contributed by atoms with Crippen LogP contribution < -0.4 is 0 Å².